The number of rotatable bonds is 5. The Bertz CT molecular complexity index is 7800. The van der Waals surface area contributed by atoms with Crippen molar-refractivity contribution in [1.82, 2.24) is 0 Å². The van der Waals surface area contributed by atoms with Gasteiger partial charge < -0.3 is 17.7 Å². The predicted octanol–water partition coefficient (Wildman–Crippen LogP) is 31.8. The number of aryl methyl sites for hydroxylation is 13. The van der Waals surface area contributed by atoms with Crippen LogP contribution >= 0.6 is 0 Å². The first-order valence-corrected chi connectivity index (χ1v) is 47.7. The van der Waals surface area contributed by atoms with Gasteiger partial charge >= 0.3 is 160 Å². The minimum absolute atomic E-state index is 0.237. The number of furan rings is 5. The minimum atomic E-state index is -3.69. The van der Waals surface area contributed by atoms with Gasteiger partial charge in [0, 0.05) is 33.7 Å². The van der Waals surface area contributed by atoms with Crippen LogP contribution in [0.5, 0.6) is 0 Å². The maximum Gasteiger partial charge on any atom is 0.233 e. The van der Waals surface area contributed by atoms with Crippen LogP contribution in [0.2, 0.25) is 0 Å². The number of anilines is 15. The van der Waals surface area contributed by atoms with Crippen LogP contribution in [0.25, 0.3) is 67.0 Å². The van der Waals surface area contributed by atoms with Crippen molar-refractivity contribution in [3.05, 3.63) is 410 Å². The summed E-state index contributed by atoms with van der Waals surface area (Å²) in [5.74, 6) is 3.88. The number of benzene rings is 15. The summed E-state index contributed by atoms with van der Waals surface area (Å²) in [6, 6.07) is 107. The fourth-order valence-corrected chi connectivity index (χ4v) is 24.0. The zero-order valence-corrected chi connectivity index (χ0v) is 78.2. The Labute approximate surface area is 774 Å². The second-order valence-corrected chi connectivity index (χ2v) is 38.9. The van der Waals surface area contributed by atoms with Crippen molar-refractivity contribution in [3.8, 4) is 0 Å². The predicted molar refractivity (Wildman–Crippen MR) is 542 cm³/mol. The molecule has 5 aliphatic rings. The normalized spacial score (nSPS) is 13.3. The number of sulfone groups is 1. The number of nitrogens with zero attached hydrogens (tertiary/aromatic N) is 7. The van der Waals surface area contributed by atoms with Crippen molar-refractivity contribution in [2.24, 2.45) is 10.2 Å². The van der Waals surface area contributed by atoms with Gasteiger partial charge in [0.05, 0.1) is 55.8 Å². The van der Waals surface area contributed by atoms with Crippen molar-refractivity contribution in [2.45, 2.75) is 106 Å². The average Bonchev–Trinajstić information content (AvgIpc) is 1.52. The summed E-state index contributed by atoms with van der Waals surface area (Å²) in [4.78, 5) is 11.5. The zero-order valence-electron chi connectivity index (χ0n) is 75.7. The molecule has 0 saturated heterocycles. The molecule has 5 aliphatic heterocycles. The first-order chi connectivity index (χ1) is 64.1. The van der Waals surface area contributed by atoms with Crippen molar-refractivity contribution >= 4 is 198 Å². The third-order valence-electron chi connectivity index (χ3n) is 25.3. The Hall–Kier alpha value is -15.2. The van der Waals surface area contributed by atoms with E-state index in [9.17, 15) is 8.42 Å². The molecule has 16 heteroatoms. The molecule has 25 rings (SSSR count). The third-order valence-corrected chi connectivity index (χ3v) is 29.6. The molecule has 14 nitrogen and oxygen atoms in total. The molecule has 0 radical (unpaired) electrons. The van der Waals surface area contributed by atoms with Gasteiger partial charge in [-0.05, 0) is 205 Å². The summed E-state index contributed by atoms with van der Waals surface area (Å²) in [5, 5.41) is 14.2. The smallest absolute Gasteiger partial charge is 0.233 e. The van der Waals surface area contributed by atoms with Crippen molar-refractivity contribution in [3.63, 3.8) is 0 Å². The number of fused-ring (bicyclic) bond motifs is 20. The Balaban J connectivity index is 0.0000000995. The molecular weight excluding hydrogens is 1710 g/mol. The first-order valence-electron chi connectivity index (χ1n) is 44.5. The second-order valence-electron chi connectivity index (χ2n) is 34.8. The van der Waals surface area contributed by atoms with E-state index < -0.39 is 9.84 Å². The van der Waals surface area contributed by atoms with E-state index in [1.807, 2.05) is 110 Å². The molecule has 5 aromatic heterocycles. The number of para-hydroxylation sites is 10. The Morgan fingerprint density at radius 1 is 0.295 bits per heavy atom. The molecule has 0 saturated carbocycles. The SMILES string of the molecule is Cc1cc(C)c(N2c3ccccc3Cc3c2oc2ccccc32)c(C)c1.Cc1cc(C)c(N2c3ccccc3S(=O)(=O)c3c2oc2ccccc32)c(C)c1.Cc1cc(C)c(N2c3ccccc3[Se]c3c2oc2ccccc32)c(C)c1.Cc1ccc(N2c3ccccc3C=Cc3c2oc2ccccc32)c(C)c1.Cc1ccc(N2c3ccccc3N=Nc3c2oc2ccccc32)c(C)c1. The monoisotopic (exact) mass is 1810 g/mol. The van der Waals surface area contributed by atoms with E-state index in [-0.39, 0.29) is 19.9 Å². The molecule has 15 aromatic carbocycles. The molecule has 0 aliphatic carbocycles. The molecule has 0 bridgehead atoms. The van der Waals surface area contributed by atoms with Gasteiger partial charge in [0.1, 0.15) is 32.9 Å². The topological polar surface area (TPSA) is 141 Å². The van der Waals surface area contributed by atoms with Crippen molar-refractivity contribution in [2.75, 3.05) is 24.5 Å². The van der Waals surface area contributed by atoms with Gasteiger partial charge in [-0.15, -0.1) is 10.2 Å². The van der Waals surface area contributed by atoms with Gasteiger partial charge in [0.25, 0.3) is 0 Å². The van der Waals surface area contributed by atoms with E-state index in [0.29, 0.717) is 33.3 Å². The quantitative estimate of drug-likeness (QED) is 0.151. The zero-order chi connectivity index (χ0) is 90.6. The van der Waals surface area contributed by atoms with Gasteiger partial charge in [0.15, 0.2) is 5.69 Å². The second kappa shape index (κ2) is 33.7. The van der Waals surface area contributed by atoms with Crippen molar-refractivity contribution in [1.29, 1.82) is 0 Å². The number of azo groups is 1. The van der Waals surface area contributed by atoms with Gasteiger partial charge in [-0.2, -0.15) is 0 Å². The van der Waals surface area contributed by atoms with E-state index >= 15 is 0 Å². The van der Waals surface area contributed by atoms with E-state index in [1.54, 1.807) is 24.3 Å². The summed E-state index contributed by atoms with van der Waals surface area (Å²) in [6.07, 6.45) is 5.26. The van der Waals surface area contributed by atoms with E-state index in [1.165, 1.54) is 120 Å². The van der Waals surface area contributed by atoms with E-state index in [0.717, 1.165) is 114 Å². The summed E-state index contributed by atoms with van der Waals surface area (Å²) in [7, 11) is -3.69. The van der Waals surface area contributed by atoms with Gasteiger partial charge in [-0.25, -0.2) is 8.42 Å². The molecule has 10 heterocycles. The molecule has 0 amide bonds. The maximum absolute atomic E-state index is 13.5. The fourth-order valence-electron chi connectivity index (χ4n) is 19.9. The van der Waals surface area contributed by atoms with Crippen LogP contribution in [0.15, 0.2) is 358 Å². The fraction of sp³-hybridized carbons (Fsp3) is 0.121. The van der Waals surface area contributed by atoms with Gasteiger partial charge in [-0.3, -0.25) is 19.6 Å². The molecule has 0 unspecified atom stereocenters. The van der Waals surface area contributed by atoms with Crippen LogP contribution in [-0.4, -0.2) is 23.4 Å². The number of hydrogen-bond acceptors (Lipinski definition) is 14. The van der Waals surface area contributed by atoms with Crippen LogP contribution in [0.1, 0.15) is 94.6 Å². The molecular formula is C116H95N7O7SSe. The minimum Gasteiger partial charge on any atom is -0.439 e. The van der Waals surface area contributed by atoms with Crippen LogP contribution in [0.3, 0.4) is 0 Å². The van der Waals surface area contributed by atoms with Crippen LogP contribution in [-0.2, 0) is 16.3 Å². The summed E-state index contributed by atoms with van der Waals surface area (Å²) < 4.78 is 61.2. The maximum atomic E-state index is 13.5. The van der Waals surface area contributed by atoms with Crippen LogP contribution in [0.4, 0.5) is 97.7 Å². The third kappa shape index (κ3) is 14.6. The Morgan fingerprint density at radius 2 is 0.705 bits per heavy atom. The summed E-state index contributed by atoms with van der Waals surface area (Å²) in [5.41, 5.74) is 37.4. The van der Waals surface area contributed by atoms with Crippen LogP contribution < -0.4 is 33.4 Å². The van der Waals surface area contributed by atoms with Gasteiger partial charge in [0.2, 0.25) is 33.4 Å². The average molecular weight is 1810 g/mol. The molecule has 648 valence electrons. The molecule has 20 aromatic rings. The molecule has 0 fully saturated rings. The Kier molecular flexibility index (Phi) is 21.4. The standard InChI is InChI=1S/C24H21NO.C24H19NO.C23H19NO3S.C23H19NOSe.C22H17N3O/c1-15-12-16(2)23(17(3)13-15)25-21-10-6-4-8-18(21)14-20-19-9-5-7-11-22(19)26-24(20)25;1-16-11-14-21(17(2)15-16)25-22-9-5-3-7-18(22)12-13-20-19-8-4-6-10-23(19)26-24(20)25;1-14-12-15(2)21(16(3)13-14)24-18-9-5-7-11-20(18)28(25,26)22-17-8-4-6-10-19(17)27-23(22)24;1-14-12-15(2)21(16(3)13-14)24-18-9-5-7-11-20(18)26-22-17-8-4-6-10-19(17)25-23(22)24;1-14-11-12-18(15(2)13-14)25-19-9-5-4-8-17(19)23-24-21-16-7-3-6-10-20(16)26-22(21)25/h4-13H,14H2,1-3H3;3-15H,1-2H3;4-13H,1-3H3;4-13H,1-3H3;3-13H,1-2H3. The largest absolute Gasteiger partial charge is 0.439 e. The molecule has 0 spiro atoms. The molecule has 0 atom stereocenters. The van der Waals surface area contributed by atoms with Gasteiger partial charge in [-0.1, -0.05) is 198 Å². The van der Waals surface area contributed by atoms with E-state index in [2.05, 4.69) is 318 Å². The van der Waals surface area contributed by atoms with Crippen LogP contribution in [0, 0.1) is 90.0 Å². The van der Waals surface area contributed by atoms with Crippen molar-refractivity contribution < 1.29 is 30.5 Å². The summed E-state index contributed by atoms with van der Waals surface area (Å²) in [6.45, 7) is 27.7. The first kappa shape index (κ1) is 83.7. The molecule has 0 N–H and O–H groups in total. The Morgan fingerprint density at radius 3 is 1.31 bits per heavy atom. The van der Waals surface area contributed by atoms with E-state index in [4.69, 9.17) is 22.1 Å². The summed E-state index contributed by atoms with van der Waals surface area (Å²) >= 11 is 0.238. The number of hydrogen-bond donors (Lipinski definition) is 0. The molecule has 132 heavy (non-hydrogen) atoms.